The Kier molecular flexibility index (Phi) is 2.44. The van der Waals surface area contributed by atoms with Crippen LogP contribution in [0.3, 0.4) is 0 Å². The van der Waals surface area contributed by atoms with Gasteiger partial charge in [0.05, 0.1) is 5.69 Å². The second-order valence-corrected chi connectivity index (χ2v) is 5.48. The zero-order valence-electron chi connectivity index (χ0n) is 10.8. The van der Waals surface area contributed by atoms with Gasteiger partial charge in [0.1, 0.15) is 12.0 Å². The molecule has 0 fully saturated rings. The molecule has 1 aromatic heterocycles. The average Bonchev–Trinajstić information content (AvgIpc) is 2.82. The highest BCUT2D eigenvalue weighted by atomic mass is 16.5. The van der Waals surface area contributed by atoms with Gasteiger partial charge in [-0.25, -0.2) is 0 Å². The van der Waals surface area contributed by atoms with E-state index >= 15 is 0 Å². The van der Waals surface area contributed by atoms with Gasteiger partial charge in [-0.05, 0) is 36.8 Å². The molecule has 94 valence electrons. The summed E-state index contributed by atoms with van der Waals surface area (Å²) in [6.07, 6.45) is 3.74. The number of benzene rings is 1. The molecule has 2 N–H and O–H groups in total. The molecule has 2 aromatic rings. The average molecular weight is 242 g/mol. The summed E-state index contributed by atoms with van der Waals surface area (Å²) in [5.74, 6) is 0.599. The molecule has 3 rings (SSSR count). The van der Waals surface area contributed by atoms with E-state index in [9.17, 15) is 0 Å². The molecule has 18 heavy (non-hydrogen) atoms. The highest BCUT2D eigenvalue weighted by molar-refractivity contribution is 5.52. The van der Waals surface area contributed by atoms with Crippen LogP contribution in [0, 0.1) is 0 Å². The highest BCUT2D eigenvalue weighted by Crippen LogP contribution is 2.47. The first-order valence-corrected chi connectivity index (χ1v) is 6.42. The second-order valence-electron chi connectivity index (χ2n) is 5.48. The molecule has 1 aliphatic rings. The molecule has 0 bridgehead atoms. The summed E-state index contributed by atoms with van der Waals surface area (Å²) in [5.41, 5.74) is 10.1. The van der Waals surface area contributed by atoms with Gasteiger partial charge in [-0.3, -0.25) is 0 Å². The minimum Gasteiger partial charge on any atom is -0.395 e. The van der Waals surface area contributed by atoms with Crippen LogP contribution in [0.2, 0.25) is 0 Å². The first-order valence-electron chi connectivity index (χ1n) is 6.42. The number of aromatic nitrogens is 1. The fourth-order valence-corrected chi connectivity index (χ4v) is 3.13. The van der Waals surface area contributed by atoms with Crippen molar-refractivity contribution >= 4 is 5.69 Å². The van der Waals surface area contributed by atoms with Crippen LogP contribution in [-0.2, 0) is 5.41 Å². The number of hydrogen-bond donors (Lipinski definition) is 1. The molecule has 0 amide bonds. The maximum absolute atomic E-state index is 5.99. The van der Waals surface area contributed by atoms with E-state index in [0.29, 0.717) is 11.6 Å². The van der Waals surface area contributed by atoms with Crippen molar-refractivity contribution in [2.24, 2.45) is 0 Å². The Labute approximate surface area is 107 Å². The summed E-state index contributed by atoms with van der Waals surface area (Å²) < 4.78 is 5.03. The smallest absolute Gasteiger partial charge is 0.147 e. The lowest BCUT2D eigenvalue weighted by Gasteiger charge is -2.37. The van der Waals surface area contributed by atoms with Crippen LogP contribution >= 0.6 is 0 Å². The lowest BCUT2D eigenvalue weighted by Crippen LogP contribution is -2.31. The molecular formula is C15H18N2O. The number of nitrogen functional groups attached to an aromatic ring is 1. The molecule has 0 saturated heterocycles. The fraction of sp³-hybridized carbons (Fsp3) is 0.400. The molecular weight excluding hydrogens is 224 g/mol. The molecule has 0 radical (unpaired) electrons. The first kappa shape index (κ1) is 11.3. The normalized spacial score (nSPS) is 26.9. The molecule has 0 spiro atoms. The summed E-state index contributed by atoms with van der Waals surface area (Å²) in [4.78, 5) is 0. The van der Waals surface area contributed by atoms with Gasteiger partial charge < -0.3 is 10.3 Å². The third kappa shape index (κ3) is 1.47. The summed E-state index contributed by atoms with van der Waals surface area (Å²) in [6.45, 7) is 4.50. The van der Waals surface area contributed by atoms with Crippen molar-refractivity contribution in [1.29, 1.82) is 0 Å². The number of anilines is 1. The zero-order valence-corrected chi connectivity index (χ0v) is 10.8. The van der Waals surface area contributed by atoms with Crippen LogP contribution in [0.4, 0.5) is 5.69 Å². The van der Waals surface area contributed by atoms with Crippen molar-refractivity contribution in [2.45, 2.75) is 38.0 Å². The molecule has 1 aromatic carbocycles. The Hall–Kier alpha value is -1.77. The molecule has 3 heteroatoms. The maximum atomic E-state index is 5.99. The molecule has 0 aliphatic heterocycles. The number of nitrogens with two attached hydrogens (primary N) is 1. The Morgan fingerprint density at radius 1 is 1.39 bits per heavy atom. The standard InChI is InChI=1S/C15H18N2O/c1-10-7-8-15(2,14-13(16)9-18-17-14)12-6-4-3-5-11(10)12/h3-6,9-10H,7-8,16H2,1-2H3. The van der Waals surface area contributed by atoms with Gasteiger partial charge in [0.15, 0.2) is 0 Å². The summed E-state index contributed by atoms with van der Waals surface area (Å²) in [6, 6.07) is 8.60. The monoisotopic (exact) mass is 242 g/mol. The van der Waals surface area contributed by atoms with Crippen molar-refractivity contribution in [2.75, 3.05) is 5.73 Å². The number of nitrogens with zero attached hydrogens (tertiary/aromatic N) is 1. The van der Waals surface area contributed by atoms with Crippen LogP contribution < -0.4 is 5.73 Å². The minimum atomic E-state index is -0.125. The molecule has 1 aliphatic carbocycles. The van der Waals surface area contributed by atoms with Gasteiger partial charge in [-0.15, -0.1) is 0 Å². The summed E-state index contributed by atoms with van der Waals surface area (Å²) in [7, 11) is 0. The van der Waals surface area contributed by atoms with Crippen LogP contribution in [-0.4, -0.2) is 5.16 Å². The van der Waals surface area contributed by atoms with E-state index < -0.39 is 0 Å². The van der Waals surface area contributed by atoms with Crippen molar-refractivity contribution in [3.05, 3.63) is 47.3 Å². The van der Waals surface area contributed by atoms with E-state index in [1.54, 1.807) is 0 Å². The Morgan fingerprint density at radius 2 is 2.17 bits per heavy atom. The minimum absolute atomic E-state index is 0.125. The summed E-state index contributed by atoms with van der Waals surface area (Å²) >= 11 is 0. The van der Waals surface area contributed by atoms with Crippen LogP contribution in [0.15, 0.2) is 35.1 Å². The Balaban J connectivity index is 2.20. The van der Waals surface area contributed by atoms with Gasteiger partial charge in [0.25, 0.3) is 0 Å². The van der Waals surface area contributed by atoms with Gasteiger partial charge in [-0.2, -0.15) is 0 Å². The third-order valence-electron chi connectivity index (χ3n) is 4.28. The SMILES string of the molecule is CC1CCC(C)(c2nocc2N)c2ccccc21. The number of hydrogen-bond acceptors (Lipinski definition) is 3. The van der Waals surface area contributed by atoms with E-state index in [1.807, 2.05) is 0 Å². The largest absolute Gasteiger partial charge is 0.395 e. The predicted molar refractivity (Wildman–Crippen MR) is 71.5 cm³/mol. The van der Waals surface area contributed by atoms with Crippen LogP contribution in [0.25, 0.3) is 0 Å². The van der Waals surface area contributed by atoms with E-state index in [0.717, 1.165) is 18.5 Å². The molecule has 3 nitrogen and oxygen atoms in total. The Morgan fingerprint density at radius 3 is 2.89 bits per heavy atom. The quantitative estimate of drug-likeness (QED) is 0.833. The van der Waals surface area contributed by atoms with Gasteiger partial charge in [-0.1, -0.05) is 36.3 Å². The Bertz CT molecular complexity index is 575. The van der Waals surface area contributed by atoms with Crippen LogP contribution in [0.1, 0.15) is 49.4 Å². The van der Waals surface area contributed by atoms with Crippen molar-refractivity contribution in [1.82, 2.24) is 5.16 Å². The van der Waals surface area contributed by atoms with Crippen molar-refractivity contribution in [3.8, 4) is 0 Å². The van der Waals surface area contributed by atoms with Crippen molar-refractivity contribution < 1.29 is 4.52 Å². The third-order valence-corrected chi connectivity index (χ3v) is 4.28. The lowest BCUT2D eigenvalue weighted by molar-refractivity contribution is 0.367. The van der Waals surface area contributed by atoms with Gasteiger partial charge in [0, 0.05) is 5.41 Å². The number of rotatable bonds is 1. The lowest BCUT2D eigenvalue weighted by atomic mass is 9.66. The molecule has 0 saturated carbocycles. The first-order chi connectivity index (χ1) is 8.63. The van der Waals surface area contributed by atoms with Gasteiger partial charge >= 0.3 is 0 Å². The van der Waals surface area contributed by atoms with E-state index in [1.165, 1.54) is 17.4 Å². The second kappa shape index (κ2) is 3.87. The molecule has 1 heterocycles. The molecule has 2 atom stereocenters. The number of fused-ring (bicyclic) bond motifs is 1. The fourth-order valence-electron chi connectivity index (χ4n) is 3.13. The van der Waals surface area contributed by atoms with Gasteiger partial charge in [0.2, 0.25) is 0 Å². The topological polar surface area (TPSA) is 52.0 Å². The summed E-state index contributed by atoms with van der Waals surface area (Å²) in [5, 5.41) is 4.14. The predicted octanol–water partition coefficient (Wildman–Crippen LogP) is 3.46. The highest BCUT2D eigenvalue weighted by Gasteiger charge is 2.39. The van der Waals surface area contributed by atoms with Crippen molar-refractivity contribution in [3.63, 3.8) is 0 Å². The zero-order chi connectivity index (χ0) is 12.8. The van der Waals surface area contributed by atoms with E-state index in [4.69, 9.17) is 10.3 Å². The van der Waals surface area contributed by atoms with E-state index in [2.05, 4.69) is 43.3 Å². The van der Waals surface area contributed by atoms with E-state index in [-0.39, 0.29) is 5.41 Å². The molecule has 2 unspecified atom stereocenters. The van der Waals surface area contributed by atoms with Crippen LogP contribution in [0.5, 0.6) is 0 Å². The maximum Gasteiger partial charge on any atom is 0.147 e.